The van der Waals surface area contributed by atoms with E-state index >= 15 is 0 Å². The Morgan fingerprint density at radius 3 is 1.34 bits per heavy atom. The molecule has 16 rings (SSSR count). The zero-order valence-electron chi connectivity index (χ0n) is 68.4. The molecule has 114 heavy (non-hydrogen) atoms. The number of ether oxygens (including phenoxy) is 16. The van der Waals surface area contributed by atoms with Gasteiger partial charge in [-0.2, -0.15) is 0 Å². The van der Waals surface area contributed by atoms with Gasteiger partial charge in [0.2, 0.25) is 0 Å². The fourth-order valence-electron chi connectivity index (χ4n) is 19.2. The monoisotopic (exact) mass is 1610 g/mol. The summed E-state index contributed by atoms with van der Waals surface area (Å²) in [6, 6.07) is 0. The number of methoxy groups -OCH3 is 1. The van der Waals surface area contributed by atoms with E-state index in [1.54, 1.807) is 55.4 Å². The maximum Gasteiger partial charge on any atom is 0.344 e. The summed E-state index contributed by atoms with van der Waals surface area (Å²) in [6.07, 6.45) is 4.30. The van der Waals surface area contributed by atoms with E-state index in [1.165, 1.54) is 7.11 Å². The first-order chi connectivity index (χ1) is 53.3. The minimum absolute atomic E-state index is 0.00636. The summed E-state index contributed by atoms with van der Waals surface area (Å²) in [4.78, 5) is 179. The van der Waals surface area contributed by atoms with Gasteiger partial charge < -0.3 is 80.9 Å². The number of esters is 15. The molecule has 8 saturated carbocycles. The third-order valence-corrected chi connectivity index (χ3v) is 27.7. The topological polar surface area (TPSA) is 424 Å². The van der Waals surface area contributed by atoms with Gasteiger partial charge in [0.25, 0.3) is 0 Å². The van der Waals surface area contributed by atoms with Crippen LogP contribution in [-0.2, 0) is 148 Å². The minimum Gasteiger partial charge on any atom is -0.469 e. The van der Waals surface area contributed by atoms with E-state index in [4.69, 9.17) is 75.8 Å². The molecule has 1 N–H and O–H groups in total. The molecule has 26 unspecified atom stereocenters. The van der Waals surface area contributed by atoms with Crippen molar-refractivity contribution in [2.45, 2.75) is 285 Å². The summed E-state index contributed by atoms with van der Waals surface area (Å²) in [7, 11) is 1.27. The number of hydrogen-bond donors (Lipinski definition) is 1. The Balaban J connectivity index is 0.000000141. The molecule has 26 atom stereocenters. The van der Waals surface area contributed by atoms with E-state index in [0.717, 1.165) is 19.3 Å². The average molecular weight is 1610 g/mol. The quantitative estimate of drug-likeness (QED) is 0.0788. The van der Waals surface area contributed by atoms with Gasteiger partial charge >= 0.3 is 89.5 Å². The van der Waals surface area contributed by atoms with Gasteiger partial charge in [-0.15, -0.1) is 0 Å². The van der Waals surface area contributed by atoms with Crippen LogP contribution in [0, 0.1) is 104 Å². The van der Waals surface area contributed by atoms with Crippen LogP contribution < -0.4 is 0 Å². The predicted molar refractivity (Wildman–Crippen MR) is 385 cm³/mol. The normalized spacial score (nSPS) is 36.8. The molecule has 32 heteroatoms. The highest BCUT2D eigenvalue weighted by Crippen LogP contribution is 2.61. The fraction of sp³-hybridized carbons (Fsp3) is 0.817. The Bertz CT molecular complexity index is 3700. The molecule has 0 aromatic heterocycles. The molecule has 0 radical (unpaired) electrons. The van der Waals surface area contributed by atoms with Gasteiger partial charge in [-0.3, -0.25) is 52.7 Å². The van der Waals surface area contributed by atoms with Gasteiger partial charge in [0, 0.05) is 61.2 Å². The van der Waals surface area contributed by atoms with Crippen LogP contribution in [0.1, 0.15) is 207 Å². The summed E-state index contributed by atoms with van der Waals surface area (Å²) in [5, 5.41) is 10.7. The highest BCUT2D eigenvalue weighted by Gasteiger charge is 2.72. The summed E-state index contributed by atoms with van der Waals surface area (Å²) in [5.74, 6) is -7.67. The maximum atomic E-state index is 12.4. The second-order valence-corrected chi connectivity index (χ2v) is 37.0. The number of carbonyl (C=O) groups is 15. The Labute approximate surface area is 662 Å². The Kier molecular flexibility index (Phi) is 25.0. The van der Waals surface area contributed by atoms with Crippen molar-refractivity contribution in [3.63, 3.8) is 0 Å². The van der Waals surface area contributed by atoms with Gasteiger partial charge in [-0.25, -0.2) is 19.2 Å². The molecule has 0 amide bonds. The first-order valence-corrected chi connectivity index (χ1v) is 40.5. The molecule has 8 aliphatic carbocycles. The number of rotatable bonds is 24. The second-order valence-electron chi connectivity index (χ2n) is 37.0. The number of fused-ring (bicyclic) bond motifs is 5. The summed E-state index contributed by atoms with van der Waals surface area (Å²) >= 11 is 0. The second kappa shape index (κ2) is 32.8. The minimum atomic E-state index is -0.936. The molecular weight excluding hydrogens is 1500 g/mol. The Morgan fingerprint density at radius 1 is 0.421 bits per heavy atom. The molecule has 8 aliphatic heterocycles. The van der Waals surface area contributed by atoms with Crippen molar-refractivity contribution in [2.75, 3.05) is 33.5 Å². The first-order valence-electron chi connectivity index (χ1n) is 40.5. The van der Waals surface area contributed by atoms with E-state index in [1.807, 2.05) is 55.4 Å². The van der Waals surface area contributed by atoms with E-state index in [-0.39, 0.29) is 138 Å². The lowest BCUT2D eigenvalue weighted by molar-refractivity contribution is -0.202. The van der Waals surface area contributed by atoms with Crippen molar-refractivity contribution in [1.82, 2.24) is 0 Å². The van der Waals surface area contributed by atoms with Crippen molar-refractivity contribution in [3.05, 3.63) is 0 Å². The van der Waals surface area contributed by atoms with Crippen LogP contribution in [0.4, 0.5) is 0 Å². The third-order valence-electron chi connectivity index (χ3n) is 27.7. The molecule has 634 valence electrons. The average Bonchev–Trinajstić information content (AvgIpc) is 1.54. The smallest absolute Gasteiger partial charge is 0.344 e. The lowest BCUT2D eigenvalue weighted by Crippen LogP contribution is -2.57. The lowest BCUT2D eigenvalue weighted by atomic mass is 9.62. The molecule has 8 heterocycles. The molecule has 0 aromatic rings. The van der Waals surface area contributed by atoms with E-state index in [0.29, 0.717) is 77.0 Å². The highest BCUT2D eigenvalue weighted by atomic mass is 16.7. The molecule has 16 fully saturated rings. The largest absolute Gasteiger partial charge is 0.469 e. The van der Waals surface area contributed by atoms with Gasteiger partial charge in [0.1, 0.15) is 54.4 Å². The molecule has 16 aliphatic rings. The van der Waals surface area contributed by atoms with Gasteiger partial charge in [0.05, 0.1) is 81.4 Å². The van der Waals surface area contributed by atoms with E-state index in [2.05, 4.69) is 0 Å². The molecule has 0 aromatic carbocycles. The molecule has 12 bridgehead atoms. The fourth-order valence-corrected chi connectivity index (χ4v) is 19.2. The van der Waals surface area contributed by atoms with Crippen LogP contribution in [0.3, 0.4) is 0 Å². The zero-order valence-corrected chi connectivity index (χ0v) is 68.4. The number of carbonyl (C=O) groups excluding carboxylic acids is 15. The van der Waals surface area contributed by atoms with Crippen LogP contribution in [0.2, 0.25) is 0 Å². The molecule has 32 nitrogen and oxygen atoms in total. The summed E-state index contributed by atoms with van der Waals surface area (Å²) in [6.45, 7) is 27.5. The van der Waals surface area contributed by atoms with Gasteiger partial charge in [-0.05, 0) is 146 Å². The van der Waals surface area contributed by atoms with Crippen LogP contribution >= 0.6 is 0 Å². The van der Waals surface area contributed by atoms with Crippen molar-refractivity contribution < 1.29 is 153 Å². The maximum absolute atomic E-state index is 12.4. The van der Waals surface area contributed by atoms with E-state index < -0.39 is 160 Å². The third kappa shape index (κ3) is 17.1. The number of hydrogen-bond acceptors (Lipinski definition) is 32. The zero-order chi connectivity index (χ0) is 83.8. The van der Waals surface area contributed by atoms with Crippen molar-refractivity contribution in [3.8, 4) is 0 Å². The van der Waals surface area contributed by atoms with E-state index in [9.17, 15) is 77.0 Å². The Hall–Kier alpha value is -8.03. The predicted octanol–water partition coefficient (Wildman–Crippen LogP) is 6.57. The van der Waals surface area contributed by atoms with Crippen molar-refractivity contribution in [2.24, 2.45) is 104 Å². The molecule has 8 saturated heterocycles. The summed E-state index contributed by atoms with van der Waals surface area (Å²) < 4.78 is 84.8. The van der Waals surface area contributed by atoms with Crippen LogP contribution in [0.5, 0.6) is 0 Å². The molecule has 0 spiro atoms. The van der Waals surface area contributed by atoms with Crippen LogP contribution in [0.25, 0.3) is 0 Å². The van der Waals surface area contributed by atoms with Gasteiger partial charge in [-0.1, -0.05) is 41.5 Å². The van der Waals surface area contributed by atoms with Crippen LogP contribution in [0.15, 0.2) is 0 Å². The van der Waals surface area contributed by atoms with Crippen LogP contribution in [-0.4, -0.2) is 207 Å². The van der Waals surface area contributed by atoms with Gasteiger partial charge in [0.15, 0.2) is 38.6 Å². The van der Waals surface area contributed by atoms with Crippen molar-refractivity contribution in [1.29, 1.82) is 0 Å². The highest BCUT2D eigenvalue weighted by molar-refractivity contribution is 5.87. The number of aliphatic hydroxyl groups is 1. The summed E-state index contributed by atoms with van der Waals surface area (Å²) in [5.41, 5.74) is -4.77. The first kappa shape index (κ1) is 86.8. The standard InChI is InChI=1S/C18H24O8.C17H24O6.C16H22O6.C16H24O5.C15H20O7/c1-5-18(2,3)17(22)24-7-10(19)25-13-8-6-9-12(11(8)15(20)23-4)16(21)26-14(9)13;1-5-17(3,4)16(20)21-7-11(18)22-13-9-6-10-12(8(9)2)15(19)23-14(10)13;1-4-16(2,3)15(19)20-7-11(17)21-12-8-5-9-10(6-8)14(18)22-13(9)12;1-4-14(2,3)13(18)21-16-6-10-5-15(19,9-16)7-11(8-16)20-12(10)17;1-4-15(2,3)14(18)19-6-9(16)21-11-8-5-7-10(20-8)12(11)22-13(7)17/h8-9,11-14H,5-7H2,1-4H3;8-10,12-14H,5-7H2,1-4H3;8-10,12-13H,4-7H2,1-3H3;10-11,19H,4-9H2,1-3H3;7-8,10-12H,4-6H2,1-3H3. The van der Waals surface area contributed by atoms with Crippen molar-refractivity contribution >= 4 is 89.5 Å². The molecular formula is C82H114O32. The Morgan fingerprint density at radius 2 is 0.842 bits per heavy atom. The SMILES string of the molecule is CCC(C)(C)C(=O)OC12CC3CC(O)(CC(C1)C(=O)O3)C2.CCC(C)(C)C(=O)OCC(=O)OC1C2CC3C(=O)OC1C3C2.CCC(C)(C)C(=O)OCC(=O)OC1C2CC3C(=O)OC1C3O2.CCC(C)(C)C(=O)OCC(=O)OC1C2CC3C1OC(=O)C3C2C.CCC(C)(C)C(=O)OCC(=O)OC1C2CC3C1OC(=O)C3C2C(=O)OC. The lowest BCUT2D eigenvalue weighted by Gasteiger charge is -2.50.